The van der Waals surface area contributed by atoms with Gasteiger partial charge in [-0.2, -0.15) is 0 Å². The lowest BCUT2D eigenvalue weighted by atomic mass is 9.92. The molecule has 104 valence electrons. The molecule has 0 aliphatic rings. The van der Waals surface area contributed by atoms with Crippen molar-refractivity contribution in [3.05, 3.63) is 29.8 Å². The van der Waals surface area contributed by atoms with Crippen molar-refractivity contribution in [2.45, 2.75) is 33.6 Å². The Kier molecular flexibility index (Phi) is 5.55. The maximum absolute atomic E-state index is 12.1. The second kappa shape index (κ2) is 6.92. The summed E-state index contributed by atoms with van der Waals surface area (Å²) in [5.74, 6) is -0.765. The molecule has 1 aromatic rings. The van der Waals surface area contributed by atoms with Crippen molar-refractivity contribution < 1.29 is 14.7 Å². The zero-order valence-corrected chi connectivity index (χ0v) is 11.6. The molecule has 0 bridgehead atoms. The van der Waals surface area contributed by atoms with Crippen LogP contribution in [0.1, 0.15) is 32.8 Å². The molecule has 0 saturated carbocycles. The van der Waals surface area contributed by atoms with Gasteiger partial charge in [0.05, 0.1) is 6.42 Å². The average Bonchev–Trinajstić information content (AvgIpc) is 2.38. The summed E-state index contributed by atoms with van der Waals surface area (Å²) in [6.45, 7) is 5.98. The summed E-state index contributed by atoms with van der Waals surface area (Å²) in [6, 6.07) is 7.01. The Bertz CT molecular complexity index is 456. The zero-order chi connectivity index (χ0) is 14.4. The lowest BCUT2D eigenvalue weighted by Crippen LogP contribution is -2.26. The van der Waals surface area contributed by atoms with Gasteiger partial charge in [-0.3, -0.25) is 9.59 Å². The van der Waals surface area contributed by atoms with Crippen molar-refractivity contribution >= 4 is 17.6 Å². The number of nitrogens with one attached hydrogen (secondary N) is 1. The highest BCUT2D eigenvalue weighted by Crippen LogP contribution is 2.20. The first-order chi connectivity index (χ1) is 8.95. The molecule has 0 aromatic heterocycles. The largest absolute Gasteiger partial charge is 0.481 e. The van der Waals surface area contributed by atoms with Gasteiger partial charge in [-0.15, -0.1) is 0 Å². The molecule has 4 heteroatoms. The number of rotatable bonds is 6. The van der Waals surface area contributed by atoms with Crippen molar-refractivity contribution in [3.8, 4) is 0 Å². The third-order valence-corrected chi connectivity index (χ3v) is 3.53. The predicted molar refractivity (Wildman–Crippen MR) is 75.0 cm³/mol. The van der Waals surface area contributed by atoms with Gasteiger partial charge in [0, 0.05) is 11.6 Å². The number of carboxylic acids is 1. The molecule has 2 unspecified atom stereocenters. The van der Waals surface area contributed by atoms with Crippen LogP contribution in [0.5, 0.6) is 0 Å². The maximum Gasteiger partial charge on any atom is 0.307 e. The van der Waals surface area contributed by atoms with Gasteiger partial charge in [0.15, 0.2) is 0 Å². The minimum Gasteiger partial charge on any atom is -0.481 e. The van der Waals surface area contributed by atoms with Gasteiger partial charge in [-0.25, -0.2) is 0 Å². The number of carboxylic acid groups (broad SMARTS) is 1. The SMILES string of the molecule is CCC(C)C(C)C(=O)Nc1ccccc1CC(=O)O. The molecule has 19 heavy (non-hydrogen) atoms. The molecule has 4 nitrogen and oxygen atoms in total. The van der Waals surface area contributed by atoms with Crippen molar-refractivity contribution in [1.29, 1.82) is 0 Å². The molecular formula is C15H21NO3. The van der Waals surface area contributed by atoms with E-state index in [-0.39, 0.29) is 18.2 Å². The Hall–Kier alpha value is -1.84. The molecule has 1 rings (SSSR count). The maximum atomic E-state index is 12.1. The number of aliphatic carboxylic acids is 1. The van der Waals surface area contributed by atoms with Crippen LogP contribution in [0.15, 0.2) is 24.3 Å². The summed E-state index contributed by atoms with van der Waals surface area (Å²) in [5.41, 5.74) is 1.21. The van der Waals surface area contributed by atoms with E-state index in [0.29, 0.717) is 17.2 Å². The number of benzene rings is 1. The fourth-order valence-electron chi connectivity index (χ4n) is 1.82. The van der Waals surface area contributed by atoms with E-state index < -0.39 is 5.97 Å². The average molecular weight is 263 g/mol. The topological polar surface area (TPSA) is 66.4 Å². The number of hydrogen-bond donors (Lipinski definition) is 2. The summed E-state index contributed by atoms with van der Waals surface area (Å²) in [7, 11) is 0. The Morgan fingerprint density at radius 3 is 2.47 bits per heavy atom. The summed E-state index contributed by atoms with van der Waals surface area (Å²) in [6.07, 6.45) is 0.847. The second-order valence-corrected chi connectivity index (χ2v) is 4.89. The predicted octanol–water partition coefficient (Wildman–Crippen LogP) is 2.93. The van der Waals surface area contributed by atoms with E-state index in [4.69, 9.17) is 5.11 Å². The van der Waals surface area contributed by atoms with Crippen LogP contribution >= 0.6 is 0 Å². The summed E-state index contributed by atoms with van der Waals surface area (Å²) >= 11 is 0. The van der Waals surface area contributed by atoms with E-state index in [1.807, 2.05) is 20.8 Å². The van der Waals surface area contributed by atoms with Gasteiger partial charge in [-0.1, -0.05) is 45.4 Å². The number of carbonyl (C=O) groups is 2. The molecule has 1 aromatic carbocycles. The fourth-order valence-corrected chi connectivity index (χ4v) is 1.82. The fraction of sp³-hybridized carbons (Fsp3) is 0.467. The lowest BCUT2D eigenvalue weighted by Gasteiger charge is -2.18. The van der Waals surface area contributed by atoms with Gasteiger partial charge in [-0.05, 0) is 17.5 Å². The smallest absolute Gasteiger partial charge is 0.307 e. The zero-order valence-electron chi connectivity index (χ0n) is 11.6. The normalized spacial score (nSPS) is 13.6. The van der Waals surface area contributed by atoms with Gasteiger partial charge in [0.2, 0.25) is 5.91 Å². The number of para-hydroxylation sites is 1. The van der Waals surface area contributed by atoms with E-state index >= 15 is 0 Å². The highest BCUT2D eigenvalue weighted by Gasteiger charge is 2.19. The standard InChI is InChI=1S/C15H21NO3/c1-4-10(2)11(3)15(19)16-13-8-6-5-7-12(13)9-14(17)18/h5-8,10-11H,4,9H2,1-3H3,(H,16,19)(H,17,18). The van der Waals surface area contributed by atoms with Crippen LogP contribution in [0.2, 0.25) is 0 Å². The van der Waals surface area contributed by atoms with E-state index in [9.17, 15) is 9.59 Å². The van der Waals surface area contributed by atoms with Gasteiger partial charge >= 0.3 is 5.97 Å². The molecule has 0 fully saturated rings. The van der Waals surface area contributed by atoms with Crippen molar-refractivity contribution in [2.24, 2.45) is 11.8 Å². The minimum absolute atomic E-state index is 0.0628. The third kappa shape index (κ3) is 4.39. The Morgan fingerprint density at radius 2 is 1.89 bits per heavy atom. The molecular weight excluding hydrogens is 242 g/mol. The first-order valence-electron chi connectivity index (χ1n) is 6.56. The van der Waals surface area contributed by atoms with E-state index in [1.54, 1.807) is 24.3 Å². The molecule has 1 amide bonds. The van der Waals surface area contributed by atoms with Crippen LogP contribution in [-0.2, 0) is 16.0 Å². The van der Waals surface area contributed by atoms with Crippen molar-refractivity contribution in [1.82, 2.24) is 0 Å². The Balaban J connectivity index is 2.81. The number of anilines is 1. The quantitative estimate of drug-likeness (QED) is 0.829. The van der Waals surface area contributed by atoms with Crippen LogP contribution in [0.25, 0.3) is 0 Å². The first-order valence-corrected chi connectivity index (χ1v) is 6.56. The number of carbonyl (C=O) groups excluding carboxylic acids is 1. The highest BCUT2D eigenvalue weighted by molar-refractivity contribution is 5.93. The second-order valence-electron chi connectivity index (χ2n) is 4.89. The number of hydrogen-bond acceptors (Lipinski definition) is 2. The van der Waals surface area contributed by atoms with Crippen LogP contribution in [0.3, 0.4) is 0 Å². The van der Waals surface area contributed by atoms with Crippen molar-refractivity contribution in [2.75, 3.05) is 5.32 Å². The van der Waals surface area contributed by atoms with Gasteiger partial charge in [0.25, 0.3) is 0 Å². The molecule has 2 N–H and O–H groups in total. The number of amides is 1. The molecule has 2 atom stereocenters. The molecule has 0 heterocycles. The van der Waals surface area contributed by atoms with Crippen LogP contribution < -0.4 is 5.32 Å². The first kappa shape index (κ1) is 15.2. The molecule has 0 spiro atoms. The molecule has 0 aliphatic carbocycles. The van der Waals surface area contributed by atoms with Crippen molar-refractivity contribution in [3.63, 3.8) is 0 Å². The van der Waals surface area contributed by atoms with Crippen LogP contribution in [0.4, 0.5) is 5.69 Å². The van der Waals surface area contributed by atoms with Gasteiger partial charge in [0.1, 0.15) is 0 Å². The minimum atomic E-state index is -0.906. The third-order valence-electron chi connectivity index (χ3n) is 3.53. The monoisotopic (exact) mass is 263 g/mol. The summed E-state index contributed by atoms with van der Waals surface area (Å²) < 4.78 is 0. The molecule has 0 saturated heterocycles. The summed E-state index contributed by atoms with van der Waals surface area (Å²) in [4.78, 5) is 22.9. The Labute approximate surface area is 113 Å². The van der Waals surface area contributed by atoms with Crippen LogP contribution in [-0.4, -0.2) is 17.0 Å². The molecule has 0 radical (unpaired) electrons. The van der Waals surface area contributed by atoms with E-state index in [2.05, 4.69) is 5.32 Å². The van der Waals surface area contributed by atoms with Crippen LogP contribution in [0, 0.1) is 11.8 Å². The Morgan fingerprint density at radius 1 is 1.26 bits per heavy atom. The molecule has 0 aliphatic heterocycles. The summed E-state index contributed by atoms with van der Waals surface area (Å²) in [5, 5.41) is 11.7. The van der Waals surface area contributed by atoms with E-state index in [1.165, 1.54) is 0 Å². The van der Waals surface area contributed by atoms with Gasteiger partial charge < -0.3 is 10.4 Å². The van der Waals surface area contributed by atoms with E-state index in [0.717, 1.165) is 6.42 Å². The highest BCUT2D eigenvalue weighted by atomic mass is 16.4. The lowest BCUT2D eigenvalue weighted by molar-refractivity contribution is -0.136.